The molecule has 5 heteroatoms. The van der Waals surface area contributed by atoms with Crippen LogP contribution in [-0.2, 0) is 23.3 Å². The molecule has 0 fully saturated rings. The first-order chi connectivity index (χ1) is 11.4. The first kappa shape index (κ1) is 14.9. The first-order valence-electron chi connectivity index (χ1n) is 8.05. The summed E-state index contributed by atoms with van der Waals surface area (Å²) in [5.74, 6) is -0.208. The summed E-state index contributed by atoms with van der Waals surface area (Å²) in [6, 6.07) is 11.3. The van der Waals surface area contributed by atoms with E-state index in [9.17, 15) is 9.59 Å². The van der Waals surface area contributed by atoms with E-state index in [1.165, 1.54) is 11.1 Å². The van der Waals surface area contributed by atoms with Gasteiger partial charge in [0.25, 0.3) is 5.91 Å². The lowest BCUT2D eigenvalue weighted by Crippen LogP contribution is -2.27. The average Bonchev–Trinajstić information content (AvgIpc) is 3.10. The van der Waals surface area contributed by atoms with Crippen LogP contribution in [0.3, 0.4) is 0 Å². The first-order valence-corrected chi connectivity index (χ1v) is 8.05. The summed E-state index contributed by atoms with van der Waals surface area (Å²) in [7, 11) is 0. The molecule has 0 spiro atoms. The molecule has 24 heavy (non-hydrogen) atoms. The van der Waals surface area contributed by atoms with Gasteiger partial charge < -0.3 is 16.0 Å². The number of carbonyl (C=O) groups excluding carboxylic acids is 2. The molecule has 2 amide bonds. The van der Waals surface area contributed by atoms with Gasteiger partial charge in [0.05, 0.1) is 5.41 Å². The van der Waals surface area contributed by atoms with E-state index in [0.717, 1.165) is 30.0 Å². The summed E-state index contributed by atoms with van der Waals surface area (Å²) >= 11 is 0. The van der Waals surface area contributed by atoms with Gasteiger partial charge in [-0.2, -0.15) is 0 Å². The third-order valence-corrected chi connectivity index (χ3v) is 4.87. The van der Waals surface area contributed by atoms with Gasteiger partial charge in [0, 0.05) is 30.0 Å². The van der Waals surface area contributed by atoms with E-state index in [1.54, 1.807) is 18.2 Å². The number of carbonyl (C=O) groups is 2. The molecule has 0 aliphatic carbocycles. The summed E-state index contributed by atoms with van der Waals surface area (Å²) in [6.45, 7) is 5.44. The van der Waals surface area contributed by atoms with E-state index < -0.39 is 5.41 Å². The van der Waals surface area contributed by atoms with Crippen molar-refractivity contribution >= 4 is 23.2 Å². The molecule has 2 aromatic carbocycles. The van der Waals surface area contributed by atoms with Crippen LogP contribution in [0.4, 0.5) is 11.4 Å². The topological polar surface area (TPSA) is 70.2 Å². The zero-order valence-electron chi connectivity index (χ0n) is 13.7. The normalized spacial score (nSPS) is 17.2. The van der Waals surface area contributed by atoms with Crippen molar-refractivity contribution in [2.45, 2.75) is 32.4 Å². The Hall–Kier alpha value is -2.66. The van der Waals surface area contributed by atoms with E-state index in [0.29, 0.717) is 5.56 Å². The molecule has 3 N–H and O–H groups in total. The maximum atomic E-state index is 12.6. The van der Waals surface area contributed by atoms with Crippen molar-refractivity contribution in [2.24, 2.45) is 0 Å². The highest BCUT2D eigenvalue weighted by Crippen LogP contribution is 2.37. The number of hydrogen-bond donors (Lipinski definition) is 3. The lowest BCUT2D eigenvalue weighted by Gasteiger charge is -2.15. The molecule has 0 radical (unpaired) electrons. The number of fused-ring (bicyclic) bond motifs is 2. The van der Waals surface area contributed by atoms with Gasteiger partial charge in [0.2, 0.25) is 5.91 Å². The van der Waals surface area contributed by atoms with Crippen LogP contribution < -0.4 is 16.0 Å². The smallest absolute Gasteiger partial charge is 0.255 e. The predicted octanol–water partition coefficient (Wildman–Crippen LogP) is 2.77. The molecule has 122 valence electrons. The van der Waals surface area contributed by atoms with Crippen molar-refractivity contribution in [2.75, 3.05) is 10.6 Å². The molecule has 0 bridgehead atoms. The van der Waals surface area contributed by atoms with Crippen molar-refractivity contribution in [3.63, 3.8) is 0 Å². The average molecular weight is 321 g/mol. The number of hydrogen-bond acceptors (Lipinski definition) is 3. The zero-order chi connectivity index (χ0) is 16.9. The maximum Gasteiger partial charge on any atom is 0.255 e. The Bertz CT molecular complexity index is 871. The van der Waals surface area contributed by atoms with Crippen molar-refractivity contribution in [1.29, 1.82) is 0 Å². The molecular weight excluding hydrogens is 302 g/mol. The summed E-state index contributed by atoms with van der Waals surface area (Å²) < 4.78 is 0. The molecule has 2 aliphatic heterocycles. The second-order valence-corrected chi connectivity index (χ2v) is 6.88. The highest BCUT2D eigenvalue weighted by molar-refractivity contribution is 6.09. The molecule has 4 rings (SSSR count). The Morgan fingerprint density at radius 3 is 2.71 bits per heavy atom. The molecule has 5 nitrogen and oxygen atoms in total. The molecule has 2 aromatic rings. The third kappa shape index (κ3) is 2.29. The number of benzene rings is 2. The van der Waals surface area contributed by atoms with Gasteiger partial charge in [0.1, 0.15) is 0 Å². The van der Waals surface area contributed by atoms with Crippen LogP contribution in [0.5, 0.6) is 0 Å². The molecule has 0 aromatic heterocycles. The molecule has 0 atom stereocenters. The summed E-state index contributed by atoms with van der Waals surface area (Å²) in [5, 5.41) is 9.09. The Labute approximate surface area is 140 Å². The number of rotatable bonds is 2. The fourth-order valence-corrected chi connectivity index (χ4v) is 3.29. The van der Waals surface area contributed by atoms with Crippen LogP contribution in [-0.4, -0.2) is 11.8 Å². The Morgan fingerprint density at radius 1 is 1.08 bits per heavy atom. The van der Waals surface area contributed by atoms with Gasteiger partial charge in [-0.05, 0) is 60.9 Å². The van der Waals surface area contributed by atoms with Crippen LogP contribution in [0, 0.1) is 0 Å². The molecule has 2 heterocycles. The Morgan fingerprint density at radius 2 is 1.88 bits per heavy atom. The van der Waals surface area contributed by atoms with Gasteiger partial charge in [-0.15, -0.1) is 0 Å². The molecule has 2 aliphatic rings. The Balaban J connectivity index is 1.60. The molecule has 0 saturated heterocycles. The quantitative estimate of drug-likeness (QED) is 0.796. The highest BCUT2D eigenvalue weighted by atomic mass is 16.2. The van der Waals surface area contributed by atoms with E-state index >= 15 is 0 Å². The number of amides is 2. The number of anilines is 2. The molecule has 0 saturated carbocycles. The van der Waals surface area contributed by atoms with Crippen LogP contribution in [0.15, 0.2) is 36.4 Å². The summed E-state index contributed by atoms with van der Waals surface area (Å²) in [6.07, 6.45) is 0. The molecule has 0 unspecified atom stereocenters. The SMILES string of the molecule is CC1(C)C(=O)Nc2ccc(C(=O)Nc3ccc4c(c3)CNC4)cc21. The second kappa shape index (κ2) is 5.18. The van der Waals surface area contributed by atoms with Gasteiger partial charge >= 0.3 is 0 Å². The minimum Gasteiger partial charge on any atom is -0.325 e. The van der Waals surface area contributed by atoms with Crippen LogP contribution >= 0.6 is 0 Å². The second-order valence-electron chi connectivity index (χ2n) is 6.88. The zero-order valence-corrected chi connectivity index (χ0v) is 13.7. The van der Waals surface area contributed by atoms with E-state index in [-0.39, 0.29) is 11.8 Å². The summed E-state index contributed by atoms with van der Waals surface area (Å²) in [4.78, 5) is 24.6. The largest absolute Gasteiger partial charge is 0.325 e. The van der Waals surface area contributed by atoms with Crippen molar-refractivity contribution < 1.29 is 9.59 Å². The highest BCUT2D eigenvalue weighted by Gasteiger charge is 2.38. The third-order valence-electron chi connectivity index (χ3n) is 4.87. The van der Waals surface area contributed by atoms with Crippen LogP contribution in [0.2, 0.25) is 0 Å². The lowest BCUT2D eigenvalue weighted by atomic mass is 9.85. The fourth-order valence-electron chi connectivity index (χ4n) is 3.29. The minimum atomic E-state index is -0.620. The van der Waals surface area contributed by atoms with E-state index in [2.05, 4.69) is 16.0 Å². The van der Waals surface area contributed by atoms with Gasteiger partial charge in [-0.25, -0.2) is 0 Å². The minimum absolute atomic E-state index is 0.0406. The number of nitrogens with one attached hydrogen (secondary N) is 3. The molecular formula is C19H19N3O2. The van der Waals surface area contributed by atoms with Crippen molar-refractivity contribution in [3.05, 3.63) is 58.7 Å². The van der Waals surface area contributed by atoms with Crippen LogP contribution in [0.25, 0.3) is 0 Å². The standard InChI is InChI=1S/C19H19N3O2/c1-19(2)15-8-11(4-6-16(15)22-18(19)24)17(23)21-14-5-3-12-9-20-10-13(12)7-14/h3-8,20H,9-10H2,1-2H3,(H,21,23)(H,22,24). The van der Waals surface area contributed by atoms with Gasteiger partial charge in [0.15, 0.2) is 0 Å². The van der Waals surface area contributed by atoms with Crippen molar-refractivity contribution in [3.8, 4) is 0 Å². The van der Waals surface area contributed by atoms with E-state index in [4.69, 9.17) is 0 Å². The lowest BCUT2D eigenvalue weighted by molar-refractivity contribution is -0.119. The van der Waals surface area contributed by atoms with Crippen LogP contribution in [0.1, 0.15) is 40.9 Å². The predicted molar refractivity (Wildman–Crippen MR) is 93.0 cm³/mol. The van der Waals surface area contributed by atoms with Gasteiger partial charge in [-0.1, -0.05) is 6.07 Å². The fraction of sp³-hybridized carbons (Fsp3) is 0.263. The monoisotopic (exact) mass is 321 g/mol. The summed E-state index contributed by atoms with van der Waals surface area (Å²) in [5.41, 5.74) is 4.86. The maximum absolute atomic E-state index is 12.6. The van der Waals surface area contributed by atoms with E-state index in [1.807, 2.05) is 32.0 Å². The van der Waals surface area contributed by atoms with Gasteiger partial charge in [-0.3, -0.25) is 9.59 Å². The Kier molecular flexibility index (Phi) is 3.21. The van der Waals surface area contributed by atoms with Crippen molar-refractivity contribution in [1.82, 2.24) is 5.32 Å².